The van der Waals surface area contributed by atoms with E-state index in [9.17, 15) is 0 Å². The second-order valence-electron chi connectivity index (χ2n) is 19.7. The lowest BCUT2D eigenvalue weighted by molar-refractivity contribution is 0.827. The number of benzene rings is 11. The van der Waals surface area contributed by atoms with Crippen LogP contribution < -0.4 is 0 Å². The molecule has 0 bridgehead atoms. The Morgan fingerprint density at radius 3 is 0.973 bits per heavy atom. The predicted molar refractivity (Wildman–Crippen MR) is 314 cm³/mol. The van der Waals surface area contributed by atoms with E-state index in [1.807, 2.05) is 0 Å². The second-order valence-corrected chi connectivity index (χ2v) is 19.7. The molecule has 0 saturated carbocycles. The number of rotatable bonds is 8. The van der Waals surface area contributed by atoms with E-state index in [0.717, 1.165) is 24.5 Å². The fraction of sp³-hybridized carbons (Fsp3) is 0.0571. The molecule has 0 unspecified atom stereocenters. The van der Waals surface area contributed by atoms with Gasteiger partial charge in [-0.3, -0.25) is 0 Å². The monoisotopic (exact) mass is 946 g/mol. The van der Waals surface area contributed by atoms with Crippen LogP contribution in [0.15, 0.2) is 243 Å². The Kier molecular flexibility index (Phi) is 9.49. The molecule has 4 nitrogen and oxygen atoms in total. The van der Waals surface area contributed by atoms with E-state index in [0.29, 0.717) is 0 Å². The van der Waals surface area contributed by atoms with Gasteiger partial charge < -0.3 is 18.3 Å². The Balaban J connectivity index is 1.09. The highest BCUT2D eigenvalue weighted by atomic mass is 15.0. The van der Waals surface area contributed by atoms with Crippen molar-refractivity contribution >= 4 is 87.0 Å². The summed E-state index contributed by atoms with van der Waals surface area (Å²) in [5.74, 6) is 0. The number of fused-ring (bicyclic) bond motifs is 13. The normalized spacial score (nSPS) is 12.0. The summed E-state index contributed by atoms with van der Waals surface area (Å²) in [6.07, 6.45) is 0. The molecule has 0 aliphatic rings. The average Bonchev–Trinajstić information content (AvgIpc) is 4.21. The molecule has 15 aromatic rings. The topological polar surface area (TPSA) is 19.7 Å². The molecule has 4 aromatic heterocycles. The second kappa shape index (κ2) is 16.6. The van der Waals surface area contributed by atoms with Crippen molar-refractivity contribution in [2.75, 3.05) is 0 Å². The van der Waals surface area contributed by atoms with Crippen LogP contribution in [-0.4, -0.2) is 18.3 Å². The van der Waals surface area contributed by atoms with Crippen LogP contribution in [0.25, 0.3) is 143 Å². The molecule has 0 aliphatic carbocycles. The van der Waals surface area contributed by atoms with Crippen LogP contribution in [-0.2, 0) is 13.1 Å². The summed E-state index contributed by atoms with van der Waals surface area (Å²) < 4.78 is 10.0. The summed E-state index contributed by atoms with van der Waals surface area (Å²) in [5, 5.41) is 12.4. The van der Waals surface area contributed by atoms with Crippen LogP contribution >= 0.6 is 0 Å². The summed E-state index contributed by atoms with van der Waals surface area (Å²) >= 11 is 0. The van der Waals surface area contributed by atoms with Gasteiger partial charge in [0.05, 0.1) is 22.4 Å². The summed E-state index contributed by atoms with van der Waals surface area (Å²) in [5.41, 5.74) is 19.3. The van der Waals surface area contributed by atoms with Crippen LogP contribution in [0.3, 0.4) is 0 Å². The van der Waals surface area contributed by atoms with Crippen molar-refractivity contribution in [1.82, 2.24) is 18.3 Å². The number of hydrogen-bond donors (Lipinski definition) is 0. The molecule has 0 fully saturated rings. The summed E-state index contributed by atoms with van der Waals surface area (Å²) in [4.78, 5) is 0. The minimum Gasteiger partial charge on any atom is -0.341 e. The molecule has 0 spiro atoms. The van der Waals surface area contributed by atoms with Crippen molar-refractivity contribution < 1.29 is 0 Å². The van der Waals surface area contributed by atoms with Gasteiger partial charge in [0.15, 0.2) is 0 Å². The molecule has 15 rings (SSSR count). The van der Waals surface area contributed by atoms with Gasteiger partial charge in [-0.05, 0) is 95.4 Å². The van der Waals surface area contributed by atoms with E-state index in [1.165, 1.54) is 132 Å². The van der Waals surface area contributed by atoms with Crippen LogP contribution in [0.1, 0.15) is 13.8 Å². The molecule has 0 amide bonds. The molecule has 0 N–H and O–H groups in total. The molecule has 0 radical (unpaired) electrons. The lowest BCUT2D eigenvalue weighted by Gasteiger charge is -2.16. The number of aryl methyl sites for hydroxylation is 2. The minimum absolute atomic E-state index is 0.898. The van der Waals surface area contributed by atoms with Gasteiger partial charge in [-0.2, -0.15) is 0 Å². The fourth-order valence-electron chi connectivity index (χ4n) is 12.9. The average molecular weight is 947 g/mol. The minimum atomic E-state index is 0.898. The first kappa shape index (κ1) is 42.3. The lowest BCUT2D eigenvalue weighted by atomic mass is 9.94. The quantitative estimate of drug-likeness (QED) is 0.135. The Bertz CT molecular complexity index is 4400. The Hall–Kier alpha value is -9.38. The zero-order chi connectivity index (χ0) is 49.0. The third-order valence-electron chi connectivity index (χ3n) is 15.9. The zero-order valence-electron chi connectivity index (χ0n) is 41.3. The van der Waals surface area contributed by atoms with Crippen LogP contribution in [0.4, 0.5) is 0 Å². The maximum absolute atomic E-state index is 2.57. The van der Waals surface area contributed by atoms with Gasteiger partial charge in [-0.15, -0.1) is 0 Å². The van der Waals surface area contributed by atoms with E-state index < -0.39 is 0 Å². The van der Waals surface area contributed by atoms with Crippen molar-refractivity contribution in [1.29, 1.82) is 0 Å². The van der Waals surface area contributed by atoms with Crippen LogP contribution in [0, 0.1) is 0 Å². The van der Waals surface area contributed by atoms with Crippen molar-refractivity contribution in [2.45, 2.75) is 26.9 Å². The van der Waals surface area contributed by atoms with E-state index in [4.69, 9.17) is 0 Å². The largest absolute Gasteiger partial charge is 0.341 e. The Labute approximate surface area is 428 Å². The highest BCUT2D eigenvalue weighted by Gasteiger charge is 2.27. The van der Waals surface area contributed by atoms with Crippen molar-refractivity contribution in [2.24, 2.45) is 0 Å². The first-order valence-electron chi connectivity index (χ1n) is 26.0. The van der Waals surface area contributed by atoms with Crippen LogP contribution in [0.2, 0.25) is 0 Å². The maximum atomic E-state index is 2.57. The van der Waals surface area contributed by atoms with Gasteiger partial charge in [0, 0.05) is 101 Å². The first-order chi connectivity index (χ1) is 36.7. The third kappa shape index (κ3) is 6.09. The number of hydrogen-bond acceptors (Lipinski definition) is 0. The number of para-hydroxylation sites is 2. The molecular formula is C70H50N4. The highest BCUT2D eigenvalue weighted by Crippen LogP contribution is 2.50. The van der Waals surface area contributed by atoms with Gasteiger partial charge in [-0.25, -0.2) is 0 Å². The van der Waals surface area contributed by atoms with E-state index in [-0.39, 0.29) is 0 Å². The van der Waals surface area contributed by atoms with E-state index >= 15 is 0 Å². The molecule has 74 heavy (non-hydrogen) atoms. The molecule has 0 aliphatic heterocycles. The van der Waals surface area contributed by atoms with Crippen molar-refractivity contribution in [3.63, 3.8) is 0 Å². The summed E-state index contributed by atoms with van der Waals surface area (Å²) in [6, 6.07) is 90.4. The fourth-order valence-corrected chi connectivity index (χ4v) is 12.9. The zero-order valence-corrected chi connectivity index (χ0v) is 41.3. The Morgan fingerprint density at radius 1 is 0.257 bits per heavy atom. The Morgan fingerprint density at radius 2 is 0.581 bits per heavy atom. The molecule has 0 atom stereocenters. The summed E-state index contributed by atoms with van der Waals surface area (Å²) in [7, 11) is 0. The molecule has 11 aromatic carbocycles. The molecule has 4 heterocycles. The molecular weight excluding hydrogens is 897 g/mol. The summed E-state index contributed by atoms with van der Waals surface area (Å²) in [6.45, 7) is 6.29. The molecule has 4 heteroatoms. The van der Waals surface area contributed by atoms with Gasteiger partial charge in [0.1, 0.15) is 0 Å². The third-order valence-corrected chi connectivity index (χ3v) is 15.9. The van der Waals surface area contributed by atoms with Gasteiger partial charge in [-0.1, -0.05) is 194 Å². The number of aromatic nitrogens is 4. The maximum Gasteiger partial charge on any atom is 0.0620 e. The molecule has 0 saturated heterocycles. The van der Waals surface area contributed by atoms with E-state index in [1.54, 1.807) is 0 Å². The molecule has 350 valence electrons. The van der Waals surface area contributed by atoms with Crippen LogP contribution in [0.5, 0.6) is 0 Å². The smallest absolute Gasteiger partial charge is 0.0620 e. The first-order valence-corrected chi connectivity index (χ1v) is 26.0. The van der Waals surface area contributed by atoms with Crippen molar-refractivity contribution in [3.05, 3.63) is 243 Å². The van der Waals surface area contributed by atoms with Crippen molar-refractivity contribution in [3.8, 4) is 56.1 Å². The lowest BCUT2D eigenvalue weighted by Crippen LogP contribution is -1.99. The van der Waals surface area contributed by atoms with E-state index in [2.05, 4.69) is 275 Å². The number of nitrogens with zero attached hydrogens (tertiary/aromatic N) is 4. The standard InChI is InChI=1S/C70H50N4/c1-3-71-61-31-19-17-29-53(61)59-43-49(33-41-63(59)71)73-67(47-25-13-7-14-26-47)65(45-21-9-5-10-22-45)57-39-35-51-52-36-40-58-66(46-23-11-6-12-24-46)68(48-27-15-8-16-28-48)74(70(58)56(52)38-37-55(51)69(57)73)50-34-42-64-60(44-50)54-30-18-20-32-62(54)72(64)4-2/h5-44H,3-4H2,1-2H3. The van der Waals surface area contributed by atoms with Gasteiger partial charge in [0.2, 0.25) is 0 Å². The highest BCUT2D eigenvalue weighted by molar-refractivity contribution is 6.26. The predicted octanol–water partition coefficient (Wildman–Crippen LogP) is 18.8. The SMILES string of the molecule is CCn1c2ccccc2c2cc(-n3c(-c4ccccc4)c(-c4ccccc4)c4ccc5c6ccc7c(-c8ccccc8)c(-c8ccccc8)n(-c8ccc9c(c8)c8ccccc8n9CC)c7c6ccc5c43)ccc21. The van der Waals surface area contributed by atoms with Gasteiger partial charge in [0.25, 0.3) is 0 Å². The van der Waals surface area contributed by atoms with Gasteiger partial charge >= 0.3 is 0 Å².